The molecule has 0 heterocycles. The molecule has 0 atom stereocenters. The molecule has 0 spiro atoms. The second-order valence-corrected chi connectivity index (χ2v) is 3.71. The summed E-state index contributed by atoms with van der Waals surface area (Å²) < 4.78 is 29.6. The molecule has 14 heavy (non-hydrogen) atoms. The Bertz CT molecular complexity index is 345. The van der Waals surface area contributed by atoms with E-state index in [9.17, 15) is 8.42 Å². The summed E-state index contributed by atoms with van der Waals surface area (Å²) in [5, 5.41) is 0. The number of aryl methyl sites for hydroxylation is 1. The summed E-state index contributed by atoms with van der Waals surface area (Å²) in [6, 6.07) is 5.99. The van der Waals surface area contributed by atoms with Crippen LogP contribution in [-0.4, -0.2) is 53.5 Å². The molecule has 0 unspecified atom stereocenters. The third-order valence-electron chi connectivity index (χ3n) is 1.32. The summed E-state index contributed by atoms with van der Waals surface area (Å²) in [5.74, 6) is 0. The van der Waals surface area contributed by atoms with Crippen molar-refractivity contribution < 1.29 is 23.9 Å². The van der Waals surface area contributed by atoms with Gasteiger partial charge in [-0.3, -0.25) is 4.55 Å². The molecular weight excluding hydrogens is 219 g/mol. The average molecular weight is 232 g/mol. The van der Waals surface area contributed by atoms with Gasteiger partial charge in [-0.1, -0.05) is 17.7 Å². The van der Waals surface area contributed by atoms with Crippen molar-refractivity contribution in [1.82, 2.24) is 0 Å². The molecule has 0 aliphatic heterocycles. The van der Waals surface area contributed by atoms with E-state index in [2.05, 4.69) is 0 Å². The Hall–Kier alpha value is 0.0500. The van der Waals surface area contributed by atoms with Gasteiger partial charge < -0.3 is 11.0 Å². The van der Waals surface area contributed by atoms with Gasteiger partial charge in [0.2, 0.25) is 0 Å². The summed E-state index contributed by atoms with van der Waals surface area (Å²) in [7, 11) is -4.02. The van der Waals surface area contributed by atoms with Crippen LogP contribution < -0.4 is 0 Å². The SMILES string of the molecule is Cc1ccc(S(=O)(=O)O)cc1.O.O.[NaH]. The molecule has 0 amide bonds. The van der Waals surface area contributed by atoms with Gasteiger partial charge in [-0.2, -0.15) is 8.42 Å². The molecule has 1 aromatic rings. The predicted octanol–water partition coefficient (Wildman–Crippen LogP) is -1.06. The van der Waals surface area contributed by atoms with Crippen molar-refractivity contribution in [2.75, 3.05) is 0 Å². The van der Waals surface area contributed by atoms with Crippen molar-refractivity contribution in [3.8, 4) is 0 Å². The molecule has 0 saturated carbocycles. The van der Waals surface area contributed by atoms with E-state index in [1.807, 2.05) is 6.92 Å². The van der Waals surface area contributed by atoms with E-state index in [1.165, 1.54) is 12.1 Å². The van der Waals surface area contributed by atoms with Crippen molar-refractivity contribution >= 4 is 39.7 Å². The van der Waals surface area contributed by atoms with Crippen molar-refractivity contribution in [1.29, 1.82) is 0 Å². The van der Waals surface area contributed by atoms with Gasteiger partial charge in [0.25, 0.3) is 10.1 Å². The first-order chi connectivity index (χ1) is 5.00. The van der Waals surface area contributed by atoms with Gasteiger partial charge in [0.1, 0.15) is 0 Å². The van der Waals surface area contributed by atoms with Crippen molar-refractivity contribution in [3.05, 3.63) is 29.8 Å². The first-order valence-corrected chi connectivity index (χ1v) is 4.48. The Labute approximate surface area is 105 Å². The molecule has 1 rings (SSSR count). The first kappa shape index (κ1) is 19.6. The Morgan fingerprint density at radius 3 is 1.71 bits per heavy atom. The molecule has 0 bridgehead atoms. The van der Waals surface area contributed by atoms with Gasteiger partial charge in [-0.15, -0.1) is 0 Å². The third kappa shape index (κ3) is 5.71. The second-order valence-electron chi connectivity index (χ2n) is 2.29. The van der Waals surface area contributed by atoms with Crippen LogP contribution in [0, 0.1) is 6.92 Å². The summed E-state index contributed by atoms with van der Waals surface area (Å²) in [4.78, 5) is -0.0666. The van der Waals surface area contributed by atoms with Crippen molar-refractivity contribution in [3.63, 3.8) is 0 Å². The Kier molecular flexibility index (Phi) is 10.3. The molecule has 78 valence electrons. The number of hydrogen-bond donors (Lipinski definition) is 1. The maximum absolute atomic E-state index is 10.5. The van der Waals surface area contributed by atoms with Crippen LogP contribution in [0.3, 0.4) is 0 Å². The number of hydrogen-bond acceptors (Lipinski definition) is 2. The van der Waals surface area contributed by atoms with Gasteiger partial charge in [0.15, 0.2) is 0 Å². The Morgan fingerprint density at radius 1 is 1.07 bits per heavy atom. The monoisotopic (exact) mass is 232 g/mol. The molecule has 0 aliphatic rings. The van der Waals surface area contributed by atoms with E-state index < -0.39 is 10.1 Å². The topological polar surface area (TPSA) is 117 Å². The molecule has 5 nitrogen and oxygen atoms in total. The van der Waals surface area contributed by atoms with Gasteiger partial charge in [-0.25, -0.2) is 0 Å². The number of benzene rings is 1. The number of rotatable bonds is 1. The van der Waals surface area contributed by atoms with Gasteiger partial charge in [0.05, 0.1) is 4.90 Å². The van der Waals surface area contributed by atoms with E-state index in [0.29, 0.717) is 0 Å². The van der Waals surface area contributed by atoms with Crippen LogP contribution in [0.1, 0.15) is 5.56 Å². The zero-order valence-corrected chi connectivity index (χ0v) is 7.80. The van der Waals surface area contributed by atoms with Gasteiger partial charge >= 0.3 is 29.6 Å². The molecule has 7 heteroatoms. The van der Waals surface area contributed by atoms with E-state index in [1.54, 1.807) is 12.1 Å². The molecule has 1 aromatic carbocycles. The fourth-order valence-corrected chi connectivity index (χ4v) is 1.19. The minimum atomic E-state index is -4.02. The van der Waals surface area contributed by atoms with Crippen LogP contribution in [0.5, 0.6) is 0 Å². The van der Waals surface area contributed by atoms with E-state index in [4.69, 9.17) is 4.55 Å². The van der Waals surface area contributed by atoms with Crippen LogP contribution >= 0.6 is 0 Å². The summed E-state index contributed by atoms with van der Waals surface area (Å²) >= 11 is 0. The molecule has 0 radical (unpaired) electrons. The Morgan fingerprint density at radius 2 is 1.43 bits per heavy atom. The molecule has 5 N–H and O–H groups in total. The Balaban J connectivity index is -0.000000403. The van der Waals surface area contributed by atoms with Gasteiger partial charge in [-0.05, 0) is 19.1 Å². The predicted molar refractivity (Wildman–Crippen MR) is 55.4 cm³/mol. The van der Waals surface area contributed by atoms with Crippen molar-refractivity contribution in [2.24, 2.45) is 0 Å². The van der Waals surface area contributed by atoms with E-state index in [0.717, 1.165) is 5.56 Å². The standard InChI is InChI=1S/C7H8O3S.Na.2H2O.H/c1-6-2-4-7(5-3-6)11(8,9)10;;;;/h2-5H,1H3,(H,8,9,10);;2*1H2;. The molecule has 0 aliphatic carbocycles. The van der Waals surface area contributed by atoms with Crippen LogP contribution in [0.15, 0.2) is 29.2 Å². The molecule has 0 saturated heterocycles. The van der Waals surface area contributed by atoms with Crippen LogP contribution in [0.2, 0.25) is 0 Å². The van der Waals surface area contributed by atoms with E-state index in [-0.39, 0.29) is 45.4 Å². The quantitative estimate of drug-likeness (QED) is 0.491. The fraction of sp³-hybridized carbons (Fsp3) is 0.143. The maximum atomic E-state index is 10.5. The normalized spacial score (nSPS) is 9.00. The molecule has 0 aromatic heterocycles. The fourth-order valence-electron chi connectivity index (χ4n) is 0.710. The van der Waals surface area contributed by atoms with Crippen LogP contribution in [-0.2, 0) is 10.1 Å². The second kappa shape index (κ2) is 7.36. The first-order valence-electron chi connectivity index (χ1n) is 3.04. The zero-order chi connectivity index (χ0) is 8.48. The van der Waals surface area contributed by atoms with Crippen LogP contribution in [0.4, 0.5) is 0 Å². The average Bonchev–Trinajstić information content (AvgIpc) is 1.86. The van der Waals surface area contributed by atoms with Gasteiger partial charge in [0, 0.05) is 0 Å². The minimum absolute atomic E-state index is 0. The van der Waals surface area contributed by atoms with E-state index >= 15 is 0 Å². The van der Waals surface area contributed by atoms with Crippen molar-refractivity contribution in [2.45, 2.75) is 11.8 Å². The molecule has 0 fully saturated rings. The summed E-state index contributed by atoms with van der Waals surface area (Å²) in [6.45, 7) is 1.84. The summed E-state index contributed by atoms with van der Waals surface area (Å²) in [6.07, 6.45) is 0. The zero-order valence-electron chi connectivity index (χ0n) is 6.98. The van der Waals surface area contributed by atoms with Crippen LogP contribution in [0.25, 0.3) is 0 Å². The summed E-state index contributed by atoms with van der Waals surface area (Å²) in [5.41, 5.74) is 0.956. The third-order valence-corrected chi connectivity index (χ3v) is 2.19. The molecular formula is C7H13NaO5S.